The summed E-state index contributed by atoms with van der Waals surface area (Å²) in [6.07, 6.45) is 17.5. The van der Waals surface area contributed by atoms with E-state index in [1.807, 2.05) is 5.57 Å². The second kappa shape index (κ2) is 4.87. The lowest BCUT2D eigenvalue weighted by atomic mass is 9.47. The zero-order valence-electron chi connectivity index (χ0n) is 14.5. The molecule has 21 heavy (non-hydrogen) atoms. The molecule has 0 aromatic rings. The molecule has 0 N–H and O–H groups in total. The molecule has 4 aliphatic rings. The van der Waals surface area contributed by atoms with Crippen molar-refractivity contribution in [2.75, 3.05) is 0 Å². The largest absolute Gasteiger partial charge is 0.0845 e. The Morgan fingerprint density at radius 3 is 2.71 bits per heavy atom. The first kappa shape index (κ1) is 14.3. The van der Waals surface area contributed by atoms with Crippen molar-refractivity contribution < 1.29 is 0 Å². The average molecular weight is 287 g/mol. The summed E-state index contributed by atoms with van der Waals surface area (Å²) in [7, 11) is 0. The number of allylic oxidation sites excluding steroid dienone is 2. The van der Waals surface area contributed by atoms with Crippen LogP contribution in [0, 0.1) is 34.5 Å². The van der Waals surface area contributed by atoms with E-state index >= 15 is 0 Å². The van der Waals surface area contributed by atoms with Crippen LogP contribution in [0.4, 0.5) is 0 Å². The molecule has 0 heterocycles. The van der Waals surface area contributed by atoms with Crippen LogP contribution in [-0.4, -0.2) is 0 Å². The van der Waals surface area contributed by atoms with E-state index in [9.17, 15) is 0 Å². The van der Waals surface area contributed by atoms with Gasteiger partial charge in [0, 0.05) is 0 Å². The Morgan fingerprint density at radius 2 is 1.90 bits per heavy atom. The van der Waals surface area contributed by atoms with Crippen LogP contribution >= 0.6 is 0 Å². The summed E-state index contributed by atoms with van der Waals surface area (Å²) in [6.45, 7) is 7.74. The molecular formula is C21H34. The lowest BCUT2D eigenvalue weighted by Crippen LogP contribution is -2.49. The van der Waals surface area contributed by atoms with Gasteiger partial charge in [-0.2, -0.15) is 0 Å². The SMILES string of the molecule is CCC1CCC2C3CC=C4CCCCC4(C)C3CCC12C. The lowest BCUT2D eigenvalue weighted by Gasteiger charge is -2.57. The Hall–Kier alpha value is -0.260. The van der Waals surface area contributed by atoms with Crippen LogP contribution in [0.15, 0.2) is 11.6 Å². The third-order valence-electron chi connectivity index (χ3n) is 8.71. The smallest absolute Gasteiger partial charge is 0.00853 e. The molecule has 0 spiro atoms. The van der Waals surface area contributed by atoms with Gasteiger partial charge in [-0.05, 0) is 85.9 Å². The maximum Gasteiger partial charge on any atom is -0.00853 e. The van der Waals surface area contributed by atoms with Gasteiger partial charge in [-0.15, -0.1) is 0 Å². The summed E-state index contributed by atoms with van der Waals surface area (Å²) >= 11 is 0. The normalized spacial score (nSPS) is 52.6. The summed E-state index contributed by atoms with van der Waals surface area (Å²) in [5.41, 5.74) is 3.14. The molecule has 0 saturated heterocycles. The van der Waals surface area contributed by atoms with Crippen LogP contribution in [-0.2, 0) is 0 Å². The summed E-state index contributed by atoms with van der Waals surface area (Å²) in [6, 6.07) is 0. The zero-order chi connectivity index (χ0) is 14.7. The highest BCUT2D eigenvalue weighted by atomic mass is 14.6. The first-order chi connectivity index (χ1) is 10.1. The summed E-state index contributed by atoms with van der Waals surface area (Å²) < 4.78 is 0. The van der Waals surface area contributed by atoms with Crippen LogP contribution in [0.25, 0.3) is 0 Å². The molecule has 0 heteroatoms. The quantitative estimate of drug-likeness (QED) is 0.492. The molecule has 0 aliphatic heterocycles. The van der Waals surface area contributed by atoms with Gasteiger partial charge in [0.2, 0.25) is 0 Å². The highest BCUT2D eigenvalue weighted by Gasteiger charge is 2.57. The molecule has 6 unspecified atom stereocenters. The summed E-state index contributed by atoms with van der Waals surface area (Å²) in [4.78, 5) is 0. The van der Waals surface area contributed by atoms with Gasteiger partial charge in [-0.3, -0.25) is 0 Å². The highest BCUT2D eigenvalue weighted by molar-refractivity contribution is 5.24. The fraction of sp³-hybridized carbons (Fsp3) is 0.905. The maximum atomic E-state index is 2.71. The molecule has 4 aliphatic carbocycles. The Morgan fingerprint density at radius 1 is 1.05 bits per heavy atom. The van der Waals surface area contributed by atoms with E-state index in [-0.39, 0.29) is 0 Å². The first-order valence-electron chi connectivity index (χ1n) is 9.79. The lowest BCUT2D eigenvalue weighted by molar-refractivity contribution is -0.0415. The third-order valence-corrected chi connectivity index (χ3v) is 8.71. The predicted octanol–water partition coefficient (Wildman–Crippen LogP) is 6.37. The van der Waals surface area contributed by atoms with Gasteiger partial charge in [-0.1, -0.05) is 45.3 Å². The van der Waals surface area contributed by atoms with Crippen molar-refractivity contribution in [1.29, 1.82) is 0 Å². The van der Waals surface area contributed by atoms with Gasteiger partial charge in [0.05, 0.1) is 0 Å². The van der Waals surface area contributed by atoms with Crippen LogP contribution in [0.5, 0.6) is 0 Å². The maximum absolute atomic E-state index is 2.71. The van der Waals surface area contributed by atoms with Crippen LogP contribution in [0.1, 0.15) is 85.0 Å². The van der Waals surface area contributed by atoms with Gasteiger partial charge in [0.25, 0.3) is 0 Å². The van der Waals surface area contributed by atoms with Crippen molar-refractivity contribution in [2.45, 2.75) is 85.0 Å². The van der Waals surface area contributed by atoms with Crippen LogP contribution < -0.4 is 0 Å². The molecule has 0 aromatic heterocycles. The van der Waals surface area contributed by atoms with Gasteiger partial charge in [-0.25, -0.2) is 0 Å². The number of rotatable bonds is 1. The zero-order valence-corrected chi connectivity index (χ0v) is 14.5. The number of fused-ring (bicyclic) bond motifs is 5. The first-order valence-corrected chi connectivity index (χ1v) is 9.79. The van der Waals surface area contributed by atoms with Crippen molar-refractivity contribution >= 4 is 0 Å². The minimum atomic E-state index is 0.590. The minimum Gasteiger partial charge on any atom is -0.0845 e. The fourth-order valence-electron chi connectivity index (χ4n) is 7.48. The molecule has 118 valence electrons. The van der Waals surface area contributed by atoms with Crippen molar-refractivity contribution in [3.8, 4) is 0 Å². The molecule has 0 nitrogen and oxygen atoms in total. The van der Waals surface area contributed by atoms with Gasteiger partial charge in [0.15, 0.2) is 0 Å². The van der Waals surface area contributed by atoms with Crippen molar-refractivity contribution in [2.24, 2.45) is 34.5 Å². The molecule has 6 atom stereocenters. The molecule has 4 rings (SSSR count). The standard InChI is InChI=1S/C21H34/c1-4-15-9-11-18-17-10-8-16-7-5-6-13-20(16,2)19(17)12-14-21(15,18)3/h8,15,17-19H,4-7,9-14H2,1-3H3. The fourth-order valence-corrected chi connectivity index (χ4v) is 7.48. The Balaban J connectivity index is 1.67. The Labute approximate surface area is 131 Å². The minimum absolute atomic E-state index is 0.590. The van der Waals surface area contributed by atoms with Crippen molar-refractivity contribution in [3.05, 3.63) is 11.6 Å². The summed E-state index contributed by atoms with van der Waals surface area (Å²) in [5.74, 6) is 4.10. The van der Waals surface area contributed by atoms with E-state index in [0.29, 0.717) is 10.8 Å². The van der Waals surface area contributed by atoms with Gasteiger partial charge in [0.1, 0.15) is 0 Å². The van der Waals surface area contributed by atoms with Crippen molar-refractivity contribution in [1.82, 2.24) is 0 Å². The molecule has 3 fully saturated rings. The topological polar surface area (TPSA) is 0 Å². The Kier molecular flexibility index (Phi) is 3.32. The van der Waals surface area contributed by atoms with E-state index in [1.165, 1.54) is 64.2 Å². The average Bonchev–Trinajstić information content (AvgIpc) is 2.83. The Bertz CT molecular complexity index is 447. The molecule has 0 aromatic carbocycles. The summed E-state index contributed by atoms with van der Waals surface area (Å²) in [5, 5.41) is 0. The van der Waals surface area contributed by atoms with Gasteiger partial charge < -0.3 is 0 Å². The molecular weight excluding hydrogens is 252 g/mol. The second-order valence-corrected chi connectivity index (χ2v) is 9.19. The van der Waals surface area contributed by atoms with E-state index in [4.69, 9.17) is 0 Å². The molecule has 3 saturated carbocycles. The number of hydrogen-bond donors (Lipinski definition) is 0. The molecule has 0 radical (unpaired) electrons. The van der Waals surface area contributed by atoms with E-state index in [1.54, 1.807) is 0 Å². The van der Waals surface area contributed by atoms with Crippen LogP contribution in [0.3, 0.4) is 0 Å². The van der Waals surface area contributed by atoms with E-state index in [0.717, 1.165) is 23.7 Å². The molecule has 0 amide bonds. The molecule has 0 bridgehead atoms. The number of hydrogen-bond acceptors (Lipinski definition) is 0. The van der Waals surface area contributed by atoms with E-state index in [2.05, 4.69) is 26.8 Å². The highest BCUT2D eigenvalue weighted by Crippen LogP contribution is 2.66. The van der Waals surface area contributed by atoms with E-state index < -0.39 is 0 Å². The van der Waals surface area contributed by atoms with Crippen molar-refractivity contribution in [3.63, 3.8) is 0 Å². The van der Waals surface area contributed by atoms with Crippen LogP contribution in [0.2, 0.25) is 0 Å². The monoisotopic (exact) mass is 286 g/mol. The predicted molar refractivity (Wildman–Crippen MR) is 90.1 cm³/mol. The van der Waals surface area contributed by atoms with Gasteiger partial charge >= 0.3 is 0 Å². The second-order valence-electron chi connectivity index (χ2n) is 9.19. The third kappa shape index (κ3) is 1.86.